The summed E-state index contributed by atoms with van der Waals surface area (Å²) in [4.78, 5) is 14.4. The fourth-order valence-electron chi connectivity index (χ4n) is 3.60. The molecular weight excluding hydrogens is 324 g/mol. The fraction of sp³-hybridized carbons (Fsp3) is 0.611. The van der Waals surface area contributed by atoms with E-state index in [1.807, 2.05) is 0 Å². The van der Waals surface area contributed by atoms with Gasteiger partial charge < -0.3 is 4.90 Å². The van der Waals surface area contributed by atoms with Gasteiger partial charge in [0.05, 0.1) is 4.90 Å². The number of carbonyl (C=O) groups excluding carboxylic acids is 1. The summed E-state index contributed by atoms with van der Waals surface area (Å²) >= 11 is 0. The summed E-state index contributed by atoms with van der Waals surface area (Å²) < 4.78 is 27.9. The van der Waals surface area contributed by atoms with Crippen molar-refractivity contribution in [2.75, 3.05) is 11.4 Å². The van der Waals surface area contributed by atoms with Gasteiger partial charge >= 0.3 is 0 Å². The lowest BCUT2D eigenvalue weighted by Crippen LogP contribution is -2.32. The summed E-state index contributed by atoms with van der Waals surface area (Å²) in [5.74, 6) is 0.135. The predicted octanol–water partition coefficient (Wildman–Crippen LogP) is 2.99. The molecule has 0 aromatic heterocycles. The second kappa shape index (κ2) is 7.23. The van der Waals surface area contributed by atoms with Crippen LogP contribution in [0.4, 0.5) is 5.69 Å². The maximum atomic E-state index is 12.6. The number of benzene rings is 1. The minimum Gasteiger partial charge on any atom is -0.312 e. The molecule has 24 heavy (non-hydrogen) atoms. The lowest BCUT2D eigenvalue weighted by Gasteiger charge is -2.18. The van der Waals surface area contributed by atoms with Crippen LogP contribution in [0.5, 0.6) is 0 Å². The first-order valence-corrected chi connectivity index (χ1v) is 10.4. The molecule has 0 bridgehead atoms. The molecule has 0 radical (unpaired) electrons. The maximum absolute atomic E-state index is 12.6. The molecule has 1 amide bonds. The average Bonchev–Trinajstić information content (AvgIpc) is 3.20. The van der Waals surface area contributed by atoms with E-state index < -0.39 is 10.0 Å². The highest BCUT2D eigenvalue weighted by atomic mass is 32.2. The number of nitrogens with zero attached hydrogens (tertiary/aromatic N) is 1. The zero-order chi connectivity index (χ0) is 17.2. The molecule has 1 aromatic rings. The van der Waals surface area contributed by atoms with Crippen molar-refractivity contribution in [3.8, 4) is 0 Å². The number of unbranched alkanes of at least 4 members (excludes halogenated alkanes) is 1. The molecule has 1 aliphatic heterocycles. The molecule has 0 unspecified atom stereocenters. The summed E-state index contributed by atoms with van der Waals surface area (Å²) in [5.41, 5.74) is 1.82. The second-order valence-corrected chi connectivity index (χ2v) is 8.51. The topological polar surface area (TPSA) is 66.5 Å². The van der Waals surface area contributed by atoms with E-state index in [0.717, 1.165) is 56.2 Å². The molecule has 6 heteroatoms. The Morgan fingerprint density at radius 1 is 1.29 bits per heavy atom. The largest absolute Gasteiger partial charge is 0.312 e. The molecule has 0 saturated heterocycles. The van der Waals surface area contributed by atoms with Gasteiger partial charge in [0, 0.05) is 24.7 Å². The van der Waals surface area contributed by atoms with E-state index in [1.165, 1.54) is 0 Å². The fourth-order valence-corrected chi connectivity index (χ4v) is 4.95. The highest BCUT2D eigenvalue weighted by Crippen LogP contribution is 2.31. The molecule has 1 aliphatic carbocycles. The van der Waals surface area contributed by atoms with Gasteiger partial charge in [-0.2, -0.15) is 0 Å². The van der Waals surface area contributed by atoms with Crippen LogP contribution >= 0.6 is 0 Å². The minimum atomic E-state index is -3.47. The van der Waals surface area contributed by atoms with Gasteiger partial charge in [0.25, 0.3) is 0 Å². The van der Waals surface area contributed by atoms with Crippen LogP contribution in [0.2, 0.25) is 0 Å². The molecule has 132 valence electrons. The molecule has 1 N–H and O–H groups in total. The molecule has 1 heterocycles. The molecule has 0 atom stereocenters. The van der Waals surface area contributed by atoms with E-state index in [4.69, 9.17) is 0 Å². The molecular formula is C18H26N2O3S. The van der Waals surface area contributed by atoms with Gasteiger partial charge in [-0.15, -0.1) is 0 Å². The normalized spacial score (nSPS) is 18.1. The van der Waals surface area contributed by atoms with Crippen LogP contribution in [0.1, 0.15) is 57.4 Å². The van der Waals surface area contributed by atoms with Crippen molar-refractivity contribution in [3.05, 3.63) is 23.8 Å². The Labute approximate surface area is 144 Å². The number of sulfonamides is 1. The van der Waals surface area contributed by atoms with Crippen molar-refractivity contribution in [1.29, 1.82) is 0 Å². The number of nitrogens with one attached hydrogen (secondary N) is 1. The van der Waals surface area contributed by atoms with E-state index in [-0.39, 0.29) is 11.9 Å². The molecule has 1 saturated carbocycles. The van der Waals surface area contributed by atoms with Gasteiger partial charge in [-0.1, -0.05) is 26.2 Å². The second-order valence-electron chi connectivity index (χ2n) is 6.79. The summed E-state index contributed by atoms with van der Waals surface area (Å²) in [6.07, 6.45) is 7.18. The SMILES string of the molecule is CCCCC(=O)N1CCc2cc(S(=O)(=O)NC3CCCC3)ccc21. The summed E-state index contributed by atoms with van der Waals surface area (Å²) in [6, 6.07) is 5.21. The smallest absolute Gasteiger partial charge is 0.240 e. The van der Waals surface area contributed by atoms with Crippen LogP contribution in [-0.4, -0.2) is 26.9 Å². The third-order valence-corrected chi connectivity index (χ3v) is 6.50. The number of hydrogen-bond acceptors (Lipinski definition) is 3. The van der Waals surface area contributed by atoms with Crippen LogP contribution in [0.15, 0.2) is 23.1 Å². The first-order valence-electron chi connectivity index (χ1n) is 8.97. The Hall–Kier alpha value is -1.40. The van der Waals surface area contributed by atoms with Crippen LogP contribution in [0.3, 0.4) is 0 Å². The average molecular weight is 350 g/mol. The number of rotatable bonds is 6. The van der Waals surface area contributed by atoms with E-state index >= 15 is 0 Å². The van der Waals surface area contributed by atoms with Crippen molar-refractivity contribution in [1.82, 2.24) is 4.72 Å². The zero-order valence-corrected chi connectivity index (χ0v) is 15.1. The lowest BCUT2D eigenvalue weighted by atomic mass is 10.2. The van der Waals surface area contributed by atoms with Gasteiger partial charge in [-0.25, -0.2) is 13.1 Å². The number of fused-ring (bicyclic) bond motifs is 1. The van der Waals surface area contributed by atoms with Crippen LogP contribution in [0.25, 0.3) is 0 Å². The van der Waals surface area contributed by atoms with E-state index in [2.05, 4.69) is 11.6 Å². The molecule has 3 rings (SSSR count). The standard InChI is InChI=1S/C18H26N2O3S/c1-2-3-8-18(21)20-12-11-14-13-16(9-10-17(14)20)24(22,23)19-15-6-4-5-7-15/h9-10,13,15,19H,2-8,11-12H2,1H3. The Bertz CT molecular complexity index is 709. The van der Waals surface area contributed by atoms with Gasteiger partial charge in [-0.3, -0.25) is 4.79 Å². The summed E-state index contributed by atoms with van der Waals surface area (Å²) in [5, 5.41) is 0. The molecule has 0 spiro atoms. The third kappa shape index (κ3) is 3.64. The van der Waals surface area contributed by atoms with Gasteiger partial charge in [-0.05, 0) is 49.4 Å². The Morgan fingerprint density at radius 2 is 2.04 bits per heavy atom. The van der Waals surface area contributed by atoms with Crippen molar-refractivity contribution in [2.24, 2.45) is 0 Å². The summed E-state index contributed by atoms with van der Waals surface area (Å²) in [6.45, 7) is 2.72. The van der Waals surface area contributed by atoms with Crippen LogP contribution < -0.4 is 9.62 Å². The highest BCUT2D eigenvalue weighted by molar-refractivity contribution is 7.89. The van der Waals surface area contributed by atoms with Crippen molar-refractivity contribution >= 4 is 21.6 Å². The molecule has 1 aromatic carbocycles. The van der Waals surface area contributed by atoms with Gasteiger partial charge in [0.15, 0.2) is 0 Å². The first kappa shape index (κ1) is 17.4. The minimum absolute atomic E-state index is 0.0652. The Kier molecular flexibility index (Phi) is 5.25. The maximum Gasteiger partial charge on any atom is 0.240 e. The Balaban J connectivity index is 1.76. The molecule has 2 aliphatic rings. The van der Waals surface area contributed by atoms with Crippen molar-refractivity contribution in [3.63, 3.8) is 0 Å². The van der Waals surface area contributed by atoms with Crippen LogP contribution in [-0.2, 0) is 21.2 Å². The number of hydrogen-bond donors (Lipinski definition) is 1. The first-order chi connectivity index (χ1) is 11.5. The number of amides is 1. The van der Waals surface area contributed by atoms with Crippen molar-refractivity contribution in [2.45, 2.75) is 69.2 Å². The van der Waals surface area contributed by atoms with Crippen molar-refractivity contribution < 1.29 is 13.2 Å². The summed E-state index contributed by atoms with van der Waals surface area (Å²) in [7, 11) is -3.47. The third-order valence-electron chi connectivity index (χ3n) is 4.98. The number of carbonyl (C=O) groups is 1. The molecule has 1 fully saturated rings. The zero-order valence-electron chi connectivity index (χ0n) is 14.3. The predicted molar refractivity (Wildman–Crippen MR) is 94.6 cm³/mol. The van der Waals surface area contributed by atoms with Gasteiger partial charge in [0.1, 0.15) is 0 Å². The molecule has 5 nitrogen and oxygen atoms in total. The number of anilines is 1. The Morgan fingerprint density at radius 3 is 2.75 bits per heavy atom. The lowest BCUT2D eigenvalue weighted by molar-refractivity contribution is -0.118. The monoisotopic (exact) mass is 350 g/mol. The van der Waals surface area contributed by atoms with E-state index in [1.54, 1.807) is 23.1 Å². The van der Waals surface area contributed by atoms with E-state index in [0.29, 0.717) is 17.9 Å². The van der Waals surface area contributed by atoms with Crippen LogP contribution in [0, 0.1) is 0 Å². The van der Waals surface area contributed by atoms with E-state index in [9.17, 15) is 13.2 Å². The van der Waals surface area contributed by atoms with Gasteiger partial charge in [0.2, 0.25) is 15.9 Å². The highest BCUT2D eigenvalue weighted by Gasteiger charge is 2.27. The quantitative estimate of drug-likeness (QED) is 0.858.